The molecule has 1 unspecified atom stereocenters. The summed E-state index contributed by atoms with van der Waals surface area (Å²) in [7, 11) is 1.62. The Labute approximate surface area is 195 Å². The number of halogens is 1. The number of benzene rings is 1. The molecule has 2 aliphatic heterocycles. The number of hydrogen-bond donors (Lipinski definition) is 0. The fourth-order valence-electron chi connectivity index (χ4n) is 4.27. The minimum Gasteiger partial charge on any atom is -0.369 e. The second kappa shape index (κ2) is 8.86. The number of nitrogens with zero attached hydrogens (tertiary/aromatic N) is 7. The average Bonchev–Trinajstić information content (AvgIpc) is 3.52. The molecule has 0 N–H and O–H groups in total. The summed E-state index contributed by atoms with van der Waals surface area (Å²) in [6.07, 6.45) is 2.44. The van der Waals surface area contributed by atoms with Gasteiger partial charge in [-0.1, -0.05) is 16.8 Å². The standard InChI is InChI=1S/C22H24ClN7O3/c1-27-19(31)12-18(13-24-27)30-7-6-16(14-30)21(32)28-8-10-29(11-9-28)22-25-20(26-33-22)15-2-4-17(23)5-3-15/h2-5,12-13,16H,6-11,14H2,1H3. The molecular formula is C22H24ClN7O3. The van der Waals surface area contributed by atoms with E-state index in [2.05, 4.69) is 20.1 Å². The molecule has 172 valence electrons. The van der Waals surface area contributed by atoms with E-state index in [1.807, 2.05) is 21.9 Å². The van der Waals surface area contributed by atoms with Crippen LogP contribution >= 0.6 is 11.6 Å². The van der Waals surface area contributed by atoms with Crippen LogP contribution in [0.2, 0.25) is 5.02 Å². The number of rotatable bonds is 4. The zero-order valence-electron chi connectivity index (χ0n) is 18.2. The van der Waals surface area contributed by atoms with Crippen LogP contribution in [0.4, 0.5) is 11.7 Å². The van der Waals surface area contributed by atoms with E-state index in [1.54, 1.807) is 31.4 Å². The van der Waals surface area contributed by atoms with Crippen molar-refractivity contribution in [2.45, 2.75) is 6.42 Å². The predicted molar refractivity (Wildman–Crippen MR) is 123 cm³/mol. The van der Waals surface area contributed by atoms with Crippen LogP contribution in [0.3, 0.4) is 0 Å². The molecule has 2 aromatic heterocycles. The molecule has 5 rings (SSSR count). The minimum atomic E-state index is -0.154. The molecule has 4 heterocycles. The third kappa shape index (κ3) is 4.43. The molecule has 0 radical (unpaired) electrons. The first-order valence-electron chi connectivity index (χ1n) is 10.9. The maximum Gasteiger partial charge on any atom is 0.324 e. The molecule has 11 heteroatoms. The first-order chi connectivity index (χ1) is 16.0. The summed E-state index contributed by atoms with van der Waals surface area (Å²) in [5.41, 5.74) is 1.45. The third-order valence-electron chi connectivity index (χ3n) is 6.24. The van der Waals surface area contributed by atoms with Gasteiger partial charge in [-0.15, -0.1) is 0 Å². The maximum atomic E-state index is 13.1. The van der Waals surface area contributed by atoms with Crippen molar-refractivity contribution in [1.82, 2.24) is 24.8 Å². The van der Waals surface area contributed by atoms with Crippen LogP contribution in [0.5, 0.6) is 0 Å². The zero-order chi connectivity index (χ0) is 22.9. The fraction of sp³-hybridized carbons (Fsp3) is 0.409. The van der Waals surface area contributed by atoms with Crippen LogP contribution in [0.1, 0.15) is 6.42 Å². The van der Waals surface area contributed by atoms with Crippen LogP contribution in [0, 0.1) is 5.92 Å². The molecule has 0 saturated carbocycles. The van der Waals surface area contributed by atoms with Crippen molar-refractivity contribution in [3.05, 3.63) is 51.9 Å². The molecule has 1 aromatic carbocycles. The van der Waals surface area contributed by atoms with Crippen molar-refractivity contribution in [2.24, 2.45) is 13.0 Å². The van der Waals surface area contributed by atoms with Gasteiger partial charge in [0.25, 0.3) is 5.56 Å². The van der Waals surface area contributed by atoms with Crippen molar-refractivity contribution >= 4 is 29.2 Å². The van der Waals surface area contributed by atoms with Crippen molar-refractivity contribution in [3.63, 3.8) is 0 Å². The topological polar surface area (TPSA) is 101 Å². The Balaban J connectivity index is 1.17. The van der Waals surface area contributed by atoms with Crippen molar-refractivity contribution in [1.29, 1.82) is 0 Å². The van der Waals surface area contributed by atoms with E-state index in [4.69, 9.17) is 16.1 Å². The monoisotopic (exact) mass is 469 g/mol. The quantitative estimate of drug-likeness (QED) is 0.568. The summed E-state index contributed by atoms with van der Waals surface area (Å²) in [4.78, 5) is 35.4. The lowest BCUT2D eigenvalue weighted by molar-refractivity contribution is -0.135. The first kappa shape index (κ1) is 21.4. The fourth-order valence-corrected chi connectivity index (χ4v) is 4.39. The highest BCUT2D eigenvalue weighted by molar-refractivity contribution is 6.30. The van der Waals surface area contributed by atoms with Gasteiger partial charge >= 0.3 is 6.01 Å². The Hall–Kier alpha value is -3.40. The molecule has 0 bridgehead atoms. The van der Waals surface area contributed by atoms with Gasteiger partial charge in [0, 0.05) is 63.0 Å². The van der Waals surface area contributed by atoms with Gasteiger partial charge in [-0.05, 0) is 30.7 Å². The van der Waals surface area contributed by atoms with E-state index in [9.17, 15) is 9.59 Å². The van der Waals surface area contributed by atoms with Gasteiger partial charge in [0.05, 0.1) is 17.8 Å². The van der Waals surface area contributed by atoms with Crippen LogP contribution in [-0.2, 0) is 11.8 Å². The Morgan fingerprint density at radius 1 is 1.09 bits per heavy atom. The molecule has 33 heavy (non-hydrogen) atoms. The highest BCUT2D eigenvalue weighted by Gasteiger charge is 2.34. The largest absolute Gasteiger partial charge is 0.369 e. The molecule has 1 atom stereocenters. The van der Waals surface area contributed by atoms with Gasteiger partial charge in [-0.2, -0.15) is 10.1 Å². The Morgan fingerprint density at radius 2 is 1.85 bits per heavy atom. The van der Waals surface area contributed by atoms with Crippen LogP contribution in [0.25, 0.3) is 11.4 Å². The minimum absolute atomic E-state index is 0.0829. The van der Waals surface area contributed by atoms with Gasteiger partial charge in [0.1, 0.15) is 0 Å². The molecule has 10 nitrogen and oxygen atoms in total. The van der Waals surface area contributed by atoms with Crippen molar-refractivity contribution in [3.8, 4) is 11.4 Å². The lowest BCUT2D eigenvalue weighted by Crippen LogP contribution is -2.50. The molecule has 0 spiro atoms. The van der Waals surface area contributed by atoms with E-state index in [-0.39, 0.29) is 17.4 Å². The van der Waals surface area contributed by atoms with Gasteiger partial charge < -0.3 is 19.2 Å². The molecule has 0 aliphatic carbocycles. The molecule has 2 fully saturated rings. The number of anilines is 2. The van der Waals surface area contributed by atoms with Crippen LogP contribution in [0.15, 0.2) is 45.8 Å². The number of aromatic nitrogens is 4. The normalized spacial score (nSPS) is 18.7. The lowest BCUT2D eigenvalue weighted by atomic mass is 10.1. The first-order valence-corrected chi connectivity index (χ1v) is 11.3. The lowest BCUT2D eigenvalue weighted by Gasteiger charge is -2.34. The summed E-state index contributed by atoms with van der Waals surface area (Å²) >= 11 is 5.94. The second-order valence-corrected chi connectivity index (χ2v) is 8.76. The van der Waals surface area contributed by atoms with Gasteiger partial charge in [0.15, 0.2) is 0 Å². The number of carbonyl (C=O) groups is 1. The molecule has 1 amide bonds. The highest BCUT2D eigenvalue weighted by Crippen LogP contribution is 2.26. The third-order valence-corrected chi connectivity index (χ3v) is 6.49. The van der Waals surface area contributed by atoms with E-state index in [1.165, 1.54) is 4.68 Å². The van der Waals surface area contributed by atoms with Crippen LogP contribution in [-0.4, -0.2) is 70.0 Å². The van der Waals surface area contributed by atoms with E-state index >= 15 is 0 Å². The van der Waals surface area contributed by atoms with Crippen molar-refractivity contribution in [2.75, 3.05) is 49.1 Å². The van der Waals surface area contributed by atoms with Gasteiger partial charge in [-0.3, -0.25) is 9.59 Å². The van der Waals surface area contributed by atoms with Crippen LogP contribution < -0.4 is 15.4 Å². The number of aryl methyl sites for hydroxylation is 1. The van der Waals surface area contributed by atoms with E-state index in [0.29, 0.717) is 49.6 Å². The van der Waals surface area contributed by atoms with E-state index in [0.717, 1.165) is 24.2 Å². The summed E-state index contributed by atoms with van der Waals surface area (Å²) < 4.78 is 6.75. The van der Waals surface area contributed by atoms with E-state index < -0.39 is 0 Å². The summed E-state index contributed by atoms with van der Waals surface area (Å²) in [6, 6.07) is 9.30. The van der Waals surface area contributed by atoms with Crippen molar-refractivity contribution < 1.29 is 9.32 Å². The van der Waals surface area contributed by atoms with Gasteiger partial charge in [0.2, 0.25) is 11.7 Å². The predicted octanol–water partition coefficient (Wildman–Crippen LogP) is 1.66. The Morgan fingerprint density at radius 3 is 2.58 bits per heavy atom. The summed E-state index contributed by atoms with van der Waals surface area (Å²) in [5, 5.41) is 8.80. The maximum absolute atomic E-state index is 13.1. The molecular weight excluding hydrogens is 446 g/mol. The molecule has 2 aliphatic rings. The highest BCUT2D eigenvalue weighted by atomic mass is 35.5. The SMILES string of the molecule is Cn1ncc(N2CCC(C(=O)N3CCN(c4nc(-c5ccc(Cl)cc5)no4)CC3)C2)cc1=O. The molecule has 3 aromatic rings. The number of carbonyl (C=O) groups excluding carboxylic acids is 1. The number of piperazine rings is 1. The Kier molecular flexibility index (Phi) is 5.76. The second-order valence-electron chi connectivity index (χ2n) is 8.33. The Bertz CT molecular complexity index is 1200. The zero-order valence-corrected chi connectivity index (χ0v) is 19.0. The average molecular weight is 470 g/mol. The number of amides is 1. The number of hydrogen-bond acceptors (Lipinski definition) is 8. The molecule has 2 saturated heterocycles. The van der Waals surface area contributed by atoms with Gasteiger partial charge in [-0.25, -0.2) is 4.68 Å². The smallest absolute Gasteiger partial charge is 0.324 e. The summed E-state index contributed by atoms with van der Waals surface area (Å²) in [6.45, 7) is 3.79. The summed E-state index contributed by atoms with van der Waals surface area (Å²) in [5.74, 6) is 0.582.